The average Bonchev–Trinajstić information content (AvgIpc) is 2.87. The maximum atomic E-state index is 4.43. The van der Waals surface area contributed by atoms with Gasteiger partial charge in [-0.1, -0.05) is 24.3 Å². The molecule has 0 saturated heterocycles. The van der Waals surface area contributed by atoms with E-state index in [1.807, 2.05) is 13.4 Å². The lowest BCUT2D eigenvalue weighted by Crippen LogP contribution is -2.14. The number of benzene rings is 1. The summed E-state index contributed by atoms with van der Waals surface area (Å²) < 4.78 is 2.24. The second-order valence-corrected chi connectivity index (χ2v) is 5.38. The highest BCUT2D eigenvalue weighted by atomic mass is 15.0. The molecule has 0 saturated carbocycles. The van der Waals surface area contributed by atoms with Crippen LogP contribution in [0.3, 0.4) is 0 Å². The minimum absolute atomic E-state index is 0.640. The van der Waals surface area contributed by atoms with E-state index in [1.54, 1.807) is 0 Å². The quantitative estimate of drug-likeness (QED) is 0.910. The van der Waals surface area contributed by atoms with Gasteiger partial charge in [-0.25, -0.2) is 4.98 Å². The molecule has 1 aliphatic rings. The molecule has 3 rings (SSSR count). The molecule has 0 aliphatic heterocycles. The van der Waals surface area contributed by atoms with E-state index < -0.39 is 0 Å². The molecular weight excluding hydrogens is 234 g/mol. The van der Waals surface area contributed by atoms with Crippen LogP contribution in [0.5, 0.6) is 0 Å². The molecule has 3 heteroatoms. The van der Waals surface area contributed by atoms with Gasteiger partial charge in [-0.2, -0.15) is 0 Å². The maximum Gasteiger partial charge on any atom is 0.0950 e. The molecule has 1 atom stereocenters. The lowest BCUT2D eigenvalue weighted by atomic mass is 9.83. The lowest BCUT2D eigenvalue weighted by molar-refractivity contribution is 0.483. The Hall–Kier alpha value is -1.61. The van der Waals surface area contributed by atoms with E-state index in [4.69, 9.17) is 0 Å². The van der Waals surface area contributed by atoms with Gasteiger partial charge >= 0.3 is 0 Å². The van der Waals surface area contributed by atoms with E-state index in [0.29, 0.717) is 5.92 Å². The number of rotatable bonds is 4. The van der Waals surface area contributed by atoms with E-state index in [0.717, 1.165) is 18.8 Å². The van der Waals surface area contributed by atoms with E-state index in [-0.39, 0.29) is 0 Å². The molecule has 1 aromatic carbocycles. The van der Waals surface area contributed by atoms with Crippen LogP contribution in [0.25, 0.3) is 0 Å². The average molecular weight is 255 g/mol. The van der Waals surface area contributed by atoms with Crippen molar-refractivity contribution in [1.29, 1.82) is 0 Å². The second kappa shape index (κ2) is 5.57. The Morgan fingerprint density at radius 2 is 2.26 bits per heavy atom. The fraction of sp³-hybridized carbons (Fsp3) is 0.438. The second-order valence-electron chi connectivity index (χ2n) is 5.38. The predicted octanol–water partition coefficient (Wildman–Crippen LogP) is 2.72. The summed E-state index contributed by atoms with van der Waals surface area (Å²) in [5.41, 5.74) is 4.19. The Morgan fingerprint density at radius 3 is 3.16 bits per heavy atom. The van der Waals surface area contributed by atoms with Gasteiger partial charge in [0.1, 0.15) is 0 Å². The normalized spacial score (nSPS) is 18.3. The number of nitrogens with one attached hydrogen (secondary N) is 1. The van der Waals surface area contributed by atoms with Crippen molar-refractivity contribution in [2.45, 2.75) is 38.3 Å². The topological polar surface area (TPSA) is 29.9 Å². The third-order valence-electron chi connectivity index (χ3n) is 3.97. The van der Waals surface area contributed by atoms with Crippen LogP contribution >= 0.6 is 0 Å². The fourth-order valence-corrected chi connectivity index (χ4v) is 3.08. The number of hydrogen-bond acceptors (Lipinski definition) is 2. The van der Waals surface area contributed by atoms with Crippen LogP contribution in [-0.4, -0.2) is 16.6 Å². The maximum absolute atomic E-state index is 4.43. The molecule has 0 fully saturated rings. The summed E-state index contributed by atoms with van der Waals surface area (Å²) >= 11 is 0. The molecule has 1 heterocycles. The largest absolute Gasteiger partial charge is 0.337 e. The molecule has 0 bridgehead atoms. The van der Waals surface area contributed by atoms with Crippen molar-refractivity contribution in [3.05, 3.63) is 53.6 Å². The number of hydrogen-bond donors (Lipinski definition) is 1. The van der Waals surface area contributed by atoms with Gasteiger partial charge in [0.2, 0.25) is 0 Å². The van der Waals surface area contributed by atoms with Crippen LogP contribution in [0.15, 0.2) is 36.8 Å². The van der Waals surface area contributed by atoms with Crippen LogP contribution in [0.4, 0.5) is 0 Å². The molecule has 0 spiro atoms. The third-order valence-corrected chi connectivity index (χ3v) is 3.97. The highest BCUT2D eigenvalue weighted by molar-refractivity contribution is 5.32. The first-order valence-corrected chi connectivity index (χ1v) is 7.10. The van der Waals surface area contributed by atoms with Crippen LogP contribution in [-0.2, 0) is 19.5 Å². The van der Waals surface area contributed by atoms with Crippen molar-refractivity contribution in [3.63, 3.8) is 0 Å². The van der Waals surface area contributed by atoms with Gasteiger partial charge in [-0.05, 0) is 37.4 Å². The fourth-order valence-electron chi connectivity index (χ4n) is 3.08. The van der Waals surface area contributed by atoms with Crippen molar-refractivity contribution >= 4 is 0 Å². The monoisotopic (exact) mass is 255 g/mol. The molecule has 100 valence electrons. The minimum atomic E-state index is 0.640. The van der Waals surface area contributed by atoms with E-state index >= 15 is 0 Å². The smallest absolute Gasteiger partial charge is 0.0950 e. The summed E-state index contributed by atoms with van der Waals surface area (Å²) in [7, 11) is 1.95. The first-order chi connectivity index (χ1) is 9.36. The van der Waals surface area contributed by atoms with E-state index in [9.17, 15) is 0 Å². The summed E-state index contributed by atoms with van der Waals surface area (Å²) in [5.74, 6) is 0.640. The number of fused-ring (bicyclic) bond motifs is 1. The summed E-state index contributed by atoms with van der Waals surface area (Å²) in [6.07, 6.45) is 7.95. The number of nitrogens with zero attached hydrogens (tertiary/aromatic N) is 2. The van der Waals surface area contributed by atoms with E-state index in [1.165, 1.54) is 30.4 Å². The summed E-state index contributed by atoms with van der Waals surface area (Å²) in [4.78, 5) is 4.43. The molecule has 0 amide bonds. The Kier molecular flexibility index (Phi) is 3.65. The molecule has 1 aliphatic carbocycles. The Balaban J connectivity index is 1.76. The van der Waals surface area contributed by atoms with Gasteiger partial charge in [-0.3, -0.25) is 0 Å². The highest BCUT2D eigenvalue weighted by Gasteiger charge is 2.19. The minimum Gasteiger partial charge on any atom is -0.337 e. The summed E-state index contributed by atoms with van der Waals surface area (Å²) in [6.45, 7) is 1.89. The van der Waals surface area contributed by atoms with Crippen LogP contribution < -0.4 is 5.32 Å². The number of aromatic nitrogens is 2. The molecule has 19 heavy (non-hydrogen) atoms. The zero-order chi connectivity index (χ0) is 13.1. The van der Waals surface area contributed by atoms with Crippen LogP contribution in [0, 0.1) is 0 Å². The van der Waals surface area contributed by atoms with Crippen LogP contribution in [0.1, 0.15) is 35.6 Å². The van der Waals surface area contributed by atoms with Crippen LogP contribution in [0.2, 0.25) is 0 Å². The molecule has 3 nitrogen and oxygen atoms in total. The van der Waals surface area contributed by atoms with Gasteiger partial charge in [0.05, 0.1) is 12.0 Å². The third kappa shape index (κ3) is 2.71. The molecule has 1 unspecified atom stereocenters. The van der Waals surface area contributed by atoms with E-state index in [2.05, 4.69) is 45.3 Å². The molecule has 1 aromatic heterocycles. The van der Waals surface area contributed by atoms with Gasteiger partial charge < -0.3 is 9.88 Å². The van der Waals surface area contributed by atoms with Gasteiger partial charge in [-0.15, -0.1) is 0 Å². The molecule has 2 aromatic rings. The first-order valence-electron chi connectivity index (χ1n) is 7.10. The van der Waals surface area contributed by atoms with Crippen molar-refractivity contribution < 1.29 is 0 Å². The standard InChI is InChI=1S/C16H21N3/c1-17-9-15-11-19(12-18-15)10-14-7-4-6-13-5-2-3-8-16(13)14/h2-3,5,8,11-12,14,17H,4,6-7,9-10H2,1H3. The van der Waals surface area contributed by atoms with Gasteiger partial charge in [0.25, 0.3) is 0 Å². The van der Waals surface area contributed by atoms with Gasteiger partial charge in [0, 0.05) is 25.2 Å². The zero-order valence-corrected chi connectivity index (χ0v) is 11.5. The first kappa shape index (κ1) is 12.4. The highest BCUT2D eigenvalue weighted by Crippen LogP contribution is 2.32. The Morgan fingerprint density at radius 1 is 1.37 bits per heavy atom. The summed E-state index contributed by atoms with van der Waals surface area (Å²) in [5, 5.41) is 3.14. The predicted molar refractivity (Wildman–Crippen MR) is 77.1 cm³/mol. The number of aryl methyl sites for hydroxylation is 1. The summed E-state index contributed by atoms with van der Waals surface area (Å²) in [6, 6.07) is 8.90. The van der Waals surface area contributed by atoms with Crippen molar-refractivity contribution in [2.24, 2.45) is 0 Å². The molecule has 1 N–H and O–H groups in total. The van der Waals surface area contributed by atoms with Crippen molar-refractivity contribution in [3.8, 4) is 0 Å². The Labute approximate surface area is 114 Å². The number of imidazole rings is 1. The van der Waals surface area contributed by atoms with Crippen molar-refractivity contribution in [2.75, 3.05) is 7.05 Å². The lowest BCUT2D eigenvalue weighted by Gasteiger charge is -2.25. The molecular formula is C16H21N3. The van der Waals surface area contributed by atoms with Crippen molar-refractivity contribution in [1.82, 2.24) is 14.9 Å². The SMILES string of the molecule is CNCc1cn(CC2CCCc3ccccc32)cn1. The Bertz CT molecular complexity index is 544. The van der Waals surface area contributed by atoms with Gasteiger partial charge in [0.15, 0.2) is 0 Å². The molecule has 0 radical (unpaired) electrons. The zero-order valence-electron chi connectivity index (χ0n) is 11.5.